The maximum atomic E-state index is 11.9. The first-order valence-corrected chi connectivity index (χ1v) is 6.33. The molecular formula is C13H9N5O6. The number of hydrazine groups is 1. The van der Waals surface area contributed by atoms with Crippen LogP contribution in [0.25, 0.3) is 0 Å². The van der Waals surface area contributed by atoms with Crippen LogP contribution in [0.3, 0.4) is 0 Å². The Labute approximate surface area is 133 Å². The van der Waals surface area contributed by atoms with Crippen molar-refractivity contribution in [1.29, 1.82) is 0 Å². The maximum absolute atomic E-state index is 11.9. The standard InChI is InChI=1S/C13H9N5O6/c19-12(8-2-1-3-14-7-8)15-16-13(20)9-4-10(17(21)22)6-11(5-9)18(23)24/h1-7H,(H,15,19)(H,16,20). The number of nitro benzene ring substituents is 2. The van der Waals surface area contributed by atoms with Crippen LogP contribution in [0.5, 0.6) is 0 Å². The molecule has 0 atom stereocenters. The van der Waals surface area contributed by atoms with Crippen LogP contribution in [0, 0.1) is 20.2 Å². The number of pyridine rings is 1. The second-order valence-electron chi connectivity index (χ2n) is 4.40. The summed E-state index contributed by atoms with van der Waals surface area (Å²) in [5.74, 6) is -1.62. The number of hydrogen-bond acceptors (Lipinski definition) is 7. The number of aromatic nitrogens is 1. The second kappa shape index (κ2) is 6.91. The van der Waals surface area contributed by atoms with Crippen molar-refractivity contribution >= 4 is 23.2 Å². The van der Waals surface area contributed by atoms with Crippen LogP contribution >= 0.6 is 0 Å². The number of hydrogen-bond donors (Lipinski definition) is 2. The van der Waals surface area contributed by atoms with Crippen LogP contribution in [-0.2, 0) is 0 Å². The summed E-state index contributed by atoms with van der Waals surface area (Å²) in [6.07, 6.45) is 2.72. The number of carbonyl (C=O) groups excluding carboxylic acids is 2. The molecule has 0 fully saturated rings. The molecule has 0 aliphatic rings. The third-order valence-corrected chi connectivity index (χ3v) is 2.80. The van der Waals surface area contributed by atoms with Gasteiger partial charge in [0.25, 0.3) is 23.2 Å². The first-order chi connectivity index (χ1) is 11.4. The summed E-state index contributed by atoms with van der Waals surface area (Å²) in [5.41, 5.74) is 2.68. The third kappa shape index (κ3) is 3.85. The van der Waals surface area contributed by atoms with Crippen molar-refractivity contribution in [2.45, 2.75) is 0 Å². The Kier molecular flexibility index (Phi) is 4.75. The fraction of sp³-hybridized carbons (Fsp3) is 0. The van der Waals surface area contributed by atoms with Crippen molar-refractivity contribution in [3.8, 4) is 0 Å². The third-order valence-electron chi connectivity index (χ3n) is 2.80. The van der Waals surface area contributed by atoms with Gasteiger partial charge in [-0.15, -0.1) is 0 Å². The van der Waals surface area contributed by atoms with E-state index in [0.29, 0.717) is 0 Å². The smallest absolute Gasteiger partial charge is 0.267 e. The molecule has 0 aliphatic heterocycles. The average Bonchev–Trinajstić information content (AvgIpc) is 2.59. The first-order valence-electron chi connectivity index (χ1n) is 6.33. The lowest BCUT2D eigenvalue weighted by Gasteiger charge is -2.07. The van der Waals surface area contributed by atoms with Gasteiger partial charge in [0, 0.05) is 24.5 Å². The molecule has 2 rings (SSSR count). The molecular weight excluding hydrogens is 322 g/mol. The molecule has 0 spiro atoms. The Bertz CT molecular complexity index is 791. The van der Waals surface area contributed by atoms with E-state index < -0.39 is 33.0 Å². The monoisotopic (exact) mass is 331 g/mol. The van der Waals surface area contributed by atoms with Gasteiger partial charge >= 0.3 is 0 Å². The van der Waals surface area contributed by atoms with Crippen LogP contribution in [0.4, 0.5) is 11.4 Å². The van der Waals surface area contributed by atoms with Crippen molar-refractivity contribution in [1.82, 2.24) is 15.8 Å². The summed E-state index contributed by atoms with van der Waals surface area (Å²) in [5, 5.41) is 21.6. The van der Waals surface area contributed by atoms with Gasteiger partial charge < -0.3 is 0 Å². The SMILES string of the molecule is O=C(NNC(=O)c1cc([N+](=O)[O-])cc([N+](=O)[O-])c1)c1cccnc1. The van der Waals surface area contributed by atoms with Crippen LogP contribution in [0.15, 0.2) is 42.7 Å². The number of nitro groups is 2. The van der Waals surface area contributed by atoms with Gasteiger partial charge in [0.05, 0.1) is 27.0 Å². The minimum absolute atomic E-state index is 0.169. The van der Waals surface area contributed by atoms with E-state index in [0.717, 1.165) is 18.2 Å². The largest absolute Gasteiger partial charge is 0.277 e. The van der Waals surface area contributed by atoms with Crippen LogP contribution in [-0.4, -0.2) is 26.6 Å². The van der Waals surface area contributed by atoms with Gasteiger partial charge in [-0.1, -0.05) is 0 Å². The van der Waals surface area contributed by atoms with E-state index in [1.807, 2.05) is 5.43 Å². The molecule has 0 unspecified atom stereocenters. The molecule has 0 saturated heterocycles. The molecule has 1 heterocycles. The molecule has 2 amide bonds. The molecule has 0 aliphatic carbocycles. The molecule has 0 bridgehead atoms. The highest BCUT2D eigenvalue weighted by Gasteiger charge is 2.20. The van der Waals surface area contributed by atoms with E-state index >= 15 is 0 Å². The minimum atomic E-state index is -0.945. The van der Waals surface area contributed by atoms with Gasteiger partial charge in [-0.3, -0.25) is 45.7 Å². The highest BCUT2D eigenvalue weighted by Crippen LogP contribution is 2.22. The van der Waals surface area contributed by atoms with Crippen molar-refractivity contribution in [2.75, 3.05) is 0 Å². The lowest BCUT2D eigenvalue weighted by molar-refractivity contribution is -0.394. The number of non-ortho nitro benzene ring substituents is 2. The summed E-state index contributed by atoms with van der Waals surface area (Å²) in [7, 11) is 0. The first kappa shape index (κ1) is 16.5. The quantitative estimate of drug-likeness (QED) is 0.624. The Hall–Kier alpha value is -3.89. The summed E-state index contributed by atoms with van der Waals surface area (Å²) in [6.45, 7) is 0. The van der Waals surface area contributed by atoms with Crippen molar-refractivity contribution < 1.29 is 19.4 Å². The van der Waals surface area contributed by atoms with Crippen LogP contribution in [0.1, 0.15) is 20.7 Å². The maximum Gasteiger partial charge on any atom is 0.277 e. The lowest BCUT2D eigenvalue weighted by Crippen LogP contribution is -2.41. The van der Waals surface area contributed by atoms with E-state index in [-0.39, 0.29) is 11.1 Å². The van der Waals surface area contributed by atoms with Crippen molar-refractivity contribution in [3.63, 3.8) is 0 Å². The zero-order valence-corrected chi connectivity index (χ0v) is 11.8. The molecule has 122 valence electrons. The molecule has 0 radical (unpaired) electrons. The summed E-state index contributed by atoms with van der Waals surface area (Å²) < 4.78 is 0. The predicted octanol–water partition coefficient (Wildman–Crippen LogP) is 0.973. The van der Waals surface area contributed by atoms with Gasteiger partial charge in [0.1, 0.15) is 0 Å². The summed E-state index contributed by atoms with van der Waals surface area (Å²) in [6, 6.07) is 5.41. The molecule has 11 nitrogen and oxygen atoms in total. The number of carbonyl (C=O) groups is 2. The molecule has 1 aromatic heterocycles. The van der Waals surface area contributed by atoms with Crippen LogP contribution in [0.2, 0.25) is 0 Å². The zero-order chi connectivity index (χ0) is 17.7. The molecule has 2 aromatic rings. The second-order valence-corrected chi connectivity index (χ2v) is 4.40. The van der Waals surface area contributed by atoms with Gasteiger partial charge in [0.15, 0.2) is 0 Å². The van der Waals surface area contributed by atoms with E-state index in [2.05, 4.69) is 10.4 Å². The van der Waals surface area contributed by atoms with Crippen molar-refractivity contribution in [2.24, 2.45) is 0 Å². The van der Waals surface area contributed by atoms with E-state index in [4.69, 9.17) is 0 Å². The number of nitrogens with zero attached hydrogens (tertiary/aromatic N) is 3. The fourth-order valence-electron chi connectivity index (χ4n) is 1.69. The van der Waals surface area contributed by atoms with E-state index in [1.54, 1.807) is 0 Å². The number of amides is 2. The van der Waals surface area contributed by atoms with Crippen molar-refractivity contribution in [3.05, 3.63) is 74.1 Å². The summed E-state index contributed by atoms with van der Waals surface area (Å²) in [4.78, 5) is 47.2. The Morgan fingerprint density at radius 3 is 1.92 bits per heavy atom. The van der Waals surface area contributed by atoms with Gasteiger partial charge in [-0.25, -0.2) is 0 Å². The fourth-order valence-corrected chi connectivity index (χ4v) is 1.69. The number of rotatable bonds is 4. The van der Waals surface area contributed by atoms with Gasteiger partial charge in [-0.2, -0.15) is 0 Å². The molecule has 2 N–H and O–H groups in total. The van der Waals surface area contributed by atoms with E-state index in [9.17, 15) is 29.8 Å². The molecule has 24 heavy (non-hydrogen) atoms. The minimum Gasteiger partial charge on any atom is -0.267 e. The highest BCUT2D eigenvalue weighted by atomic mass is 16.6. The Morgan fingerprint density at radius 1 is 0.917 bits per heavy atom. The average molecular weight is 331 g/mol. The van der Waals surface area contributed by atoms with E-state index in [1.165, 1.54) is 24.5 Å². The molecule has 11 heteroatoms. The molecule has 1 aromatic carbocycles. The normalized spacial score (nSPS) is 9.83. The molecule has 0 saturated carbocycles. The number of benzene rings is 1. The topological polar surface area (TPSA) is 157 Å². The Balaban J connectivity index is 2.16. The summed E-state index contributed by atoms with van der Waals surface area (Å²) >= 11 is 0. The van der Waals surface area contributed by atoms with Gasteiger partial charge in [-0.05, 0) is 12.1 Å². The number of nitrogens with one attached hydrogen (secondary N) is 2. The van der Waals surface area contributed by atoms with Gasteiger partial charge in [0.2, 0.25) is 0 Å². The predicted molar refractivity (Wildman–Crippen MR) is 78.9 cm³/mol. The van der Waals surface area contributed by atoms with Crippen LogP contribution < -0.4 is 10.9 Å². The highest BCUT2D eigenvalue weighted by molar-refractivity contribution is 5.99. The zero-order valence-electron chi connectivity index (χ0n) is 11.8. The lowest BCUT2D eigenvalue weighted by atomic mass is 10.1. The Morgan fingerprint density at radius 2 is 1.46 bits per heavy atom.